The molecule has 1 fully saturated rings. The van der Waals surface area contributed by atoms with Gasteiger partial charge in [-0.3, -0.25) is 9.62 Å². The molecule has 1 atom stereocenters. The summed E-state index contributed by atoms with van der Waals surface area (Å²) in [5, 5.41) is 9.44. The first-order valence-electron chi connectivity index (χ1n) is 11.9. The number of piperidine rings is 1. The number of hydrogen-bond donors (Lipinski definition) is 2. The number of anilines is 1. The minimum Gasteiger partial charge on any atom is -0.489 e. The first kappa shape index (κ1) is 29.1. The molecule has 1 aromatic heterocycles. The van der Waals surface area contributed by atoms with Crippen molar-refractivity contribution in [2.24, 2.45) is 0 Å². The Labute approximate surface area is 232 Å². The number of carbonyl (C=O) groups is 1. The van der Waals surface area contributed by atoms with E-state index in [1.54, 1.807) is 17.6 Å². The highest BCUT2D eigenvalue weighted by Gasteiger charge is 2.38. The van der Waals surface area contributed by atoms with E-state index < -0.39 is 22.2 Å². The van der Waals surface area contributed by atoms with E-state index in [2.05, 4.69) is 38.9 Å². The number of rotatable bonds is 6. The van der Waals surface area contributed by atoms with Gasteiger partial charge in [0, 0.05) is 30.7 Å². The molecule has 0 radical (unpaired) electrons. The Morgan fingerprint density at radius 3 is 2.46 bits per heavy atom. The first-order chi connectivity index (χ1) is 18.4. The van der Waals surface area contributed by atoms with Gasteiger partial charge in [-0.15, -0.1) is 11.3 Å². The maximum absolute atomic E-state index is 12.6. The Kier molecular flexibility index (Phi) is 9.04. The topological polar surface area (TPSA) is 109 Å². The molecule has 1 aliphatic carbocycles. The van der Waals surface area contributed by atoms with E-state index in [0.717, 1.165) is 32.4 Å². The molecule has 8 nitrogen and oxygen atoms in total. The summed E-state index contributed by atoms with van der Waals surface area (Å²) in [4.78, 5) is 15.5. The Morgan fingerprint density at radius 1 is 1.15 bits per heavy atom. The van der Waals surface area contributed by atoms with Crippen molar-refractivity contribution >= 4 is 44.1 Å². The van der Waals surface area contributed by atoms with Crippen molar-refractivity contribution in [3.8, 4) is 5.75 Å². The monoisotopic (exact) mass is 603 g/mol. The van der Waals surface area contributed by atoms with E-state index in [0.29, 0.717) is 21.9 Å². The molecule has 0 spiro atoms. The molecule has 2 aromatic carbocycles. The number of alkyl halides is 3. The zero-order valence-electron chi connectivity index (χ0n) is 20.4. The fraction of sp³-hybridized carbons (Fsp3) is 0.360. The molecule has 2 N–H and O–H groups in total. The van der Waals surface area contributed by atoms with Gasteiger partial charge < -0.3 is 9.84 Å². The van der Waals surface area contributed by atoms with E-state index >= 15 is 0 Å². The fourth-order valence-electron chi connectivity index (χ4n) is 4.59. The number of aliphatic carboxylic acids is 1. The molecule has 1 saturated heterocycles. The number of carboxylic acids is 1. The van der Waals surface area contributed by atoms with Crippen molar-refractivity contribution < 1.29 is 36.2 Å². The molecule has 0 amide bonds. The summed E-state index contributed by atoms with van der Waals surface area (Å²) in [7, 11) is -3.75. The third-order valence-electron chi connectivity index (χ3n) is 6.42. The van der Waals surface area contributed by atoms with Gasteiger partial charge in [0.1, 0.15) is 11.9 Å². The van der Waals surface area contributed by atoms with Gasteiger partial charge in [0.05, 0.1) is 9.92 Å². The molecule has 0 bridgehead atoms. The number of ether oxygens (including phenoxy) is 1. The quantitative estimate of drug-likeness (QED) is 0.369. The second-order valence-corrected chi connectivity index (χ2v) is 11.9. The predicted octanol–water partition coefficient (Wildman–Crippen LogP) is 5.76. The largest absolute Gasteiger partial charge is 0.490 e. The van der Waals surface area contributed by atoms with Crippen LogP contribution in [0.4, 0.5) is 18.3 Å². The van der Waals surface area contributed by atoms with Crippen molar-refractivity contribution in [2.45, 2.75) is 48.9 Å². The lowest BCUT2D eigenvalue weighted by molar-refractivity contribution is -0.192. The van der Waals surface area contributed by atoms with Crippen LogP contribution < -0.4 is 9.46 Å². The van der Waals surface area contributed by atoms with E-state index in [1.165, 1.54) is 41.0 Å². The maximum atomic E-state index is 12.6. The van der Waals surface area contributed by atoms with Crippen molar-refractivity contribution in [2.75, 3.05) is 17.8 Å². The van der Waals surface area contributed by atoms with Gasteiger partial charge in [-0.25, -0.2) is 18.2 Å². The molecular weight excluding hydrogens is 579 g/mol. The smallest absolute Gasteiger partial charge is 0.489 e. The number of carboxylic acid groups (broad SMARTS) is 1. The number of halogens is 4. The molecule has 1 aliphatic heterocycles. The molecule has 2 heterocycles. The molecule has 2 aliphatic rings. The molecule has 1 unspecified atom stereocenters. The van der Waals surface area contributed by atoms with Gasteiger partial charge in [0.15, 0.2) is 5.13 Å². The number of nitrogens with one attached hydrogen (secondary N) is 1. The van der Waals surface area contributed by atoms with Crippen LogP contribution in [0, 0.1) is 0 Å². The van der Waals surface area contributed by atoms with Crippen LogP contribution >= 0.6 is 22.9 Å². The molecule has 210 valence electrons. The standard InChI is InChI=1S/C23H24ClN3O3S2.C2HF3O2/c24-20-15-18(32(28,29)26-23-25-11-14-31-23)6-8-22(20)30-17-9-12-27(13-10-17)21-7-5-16-3-1-2-4-19(16)21;3-2(4,5)1(6)7/h1-4,6,8,11,14-15,17,21H,5,7,9-10,12-13H2,(H,25,26);(H,6,7). The van der Waals surface area contributed by atoms with Crippen LogP contribution in [0.15, 0.2) is 58.9 Å². The van der Waals surface area contributed by atoms with Gasteiger partial charge in [-0.05, 0) is 55.0 Å². The SMILES string of the molecule is O=C(O)C(F)(F)F.O=S(=O)(Nc1nccs1)c1ccc(OC2CCN(C3CCc4ccccc43)CC2)c(Cl)c1. The lowest BCUT2D eigenvalue weighted by atomic mass is 10.0. The van der Waals surface area contributed by atoms with Crippen LogP contribution in [-0.2, 0) is 21.2 Å². The van der Waals surface area contributed by atoms with Crippen molar-refractivity contribution in [3.63, 3.8) is 0 Å². The predicted molar refractivity (Wildman–Crippen MR) is 141 cm³/mol. The zero-order chi connectivity index (χ0) is 28.2. The van der Waals surface area contributed by atoms with Crippen molar-refractivity contribution in [1.82, 2.24) is 9.88 Å². The third-order valence-corrected chi connectivity index (χ3v) is 8.87. The van der Waals surface area contributed by atoms with Crippen LogP contribution in [-0.4, -0.2) is 54.7 Å². The zero-order valence-corrected chi connectivity index (χ0v) is 22.8. The van der Waals surface area contributed by atoms with Crippen LogP contribution in [0.25, 0.3) is 0 Å². The number of benzene rings is 2. The molecule has 39 heavy (non-hydrogen) atoms. The minimum absolute atomic E-state index is 0.0660. The highest BCUT2D eigenvalue weighted by atomic mass is 35.5. The summed E-state index contributed by atoms with van der Waals surface area (Å²) < 4.78 is 65.5. The van der Waals surface area contributed by atoms with E-state index in [4.69, 9.17) is 26.2 Å². The summed E-state index contributed by atoms with van der Waals surface area (Å²) in [6, 6.07) is 13.8. The fourth-order valence-corrected chi connectivity index (χ4v) is 6.70. The van der Waals surface area contributed by atoms with Crippen LogP contribution in [0.5, 0.6) is 5.75 Å². The average Bonchev–Trinajstić information content (AvgIpc) is 3.55. The number of nitrogens with zero attached hydrogens (tertiary/aromatic N) is 2. The van der Waals surface area contributed by atoms with Gasteiger partial charge in [-0.2, -0.15) is 13.2 Å². The van der Waals surface area contributed by atoms with Gasteiger partial charge >= 0.3 is 12.1 Å². The number of thiazole rings is 1. The minimum atomic E-state index is -5.08. The lowest BCUT2D eigenvalue weighted by Gasteiger charge is -2.36. The van der Waals surface area contributed by atoms with E-state index in [-0.39, 0.29) is 11.0 Å². The first-order valence-corrected chi connectivity index (χ1v) is 14.7. The van der Waals surface area contributed by atoms with Crippen LogP contribution in [0.3, 0.4) is 0 Å². The van der Waals surface area contributed by atoms with Gasteiger partial charge in [0.2, 0.25) is 0 Å². The van der Waals surface area contributed by atoms with Crippen LogP contribution in [0.2, 0.25) is 5.02 Å². The van der Waals surface area contributed by atoms with E-state index in [9.17, 15) is 21.6 Å². The normalized spacial score (nSPS) is 18.1. The number of aromatic nitrogens is 1. The summed E-state index contributed by atoms with van der Waals surface area (Å²) in [6.07, 6.45) is 0.697. The molecule has 0 saturated carbocycles. The second-order valence-electron chi connectivity index (χ2n) is 8.94. The summed E-state index contributed by atoms with van der Waals surface area (Å²) >= 11 is 7.60. The van der Waals surface area contributed by atoms with Gasteiger partial charge in [0.25, 0.3) is 10.0 Å². The van der Waals surface area contributed by atoms with E-state index in [1.807, 2.05) is 0 Å². The maximum Gasteiger partial charge on any atom is 0.490 e. The number of sulfonamides is 1. The molecule has 5 rings (SSSR count). The Bertz CT molecular complexity index is 1400. The Morgan fingerprint density at radius 2 is 1.85 bits per heavy atom. The van der Waals surface area contributed by atoms with Crippen molar-refractivity contribution in [1.29, 1.82) is 0 Å². The molecular formula is C25H25ClF3N3O5S2. The summed E-state index contributed by atoms with van der Waals surface area (Å²) in [6.45, 7) is 1.96. The highest BCUT2D eigenvalue weighted by molar-refractivity contribution is 7.93. The number of hydrogen-bond acceptors (Lipinski definition) is 7. The summed E-state index contributed by atoms with van der Waals surface area (Å²) in [5.41, 5.74) is 2.94. The summed E-state index contributed by atoms with van der Waals surface area (Å²) in [5.74, 6) is -2.24. The van der Waals surface area contributed by atoms with Crippen LogP contribution in [0.1, 0.15) is 36.4 Å². The highest BCUT2D eigenvalue weighted by Crippen LogP contribution is 2.38. The lowest BCUT2D eigenvalue weighted by Crippen LogP contribution is -2.39. The molecule has 3 aromatic rings. The Hall–Kier alpha value is -2.87. The van der Waals surface area contributed by atoms with Gasteiger partial charge in [-0.1, -0.05) is 35.9 Å². The number of fused-ring (bicyclic) bond motifs is 1. The Balaban J connectivity index is 0.000000448. The van der Waals surface area contributed by atoms with Crippen molar-refractivity contribution in [3.05, 3.63) is 70.2 Å². The number of aryl methyl sites for hydroxylation is 1. The average molecular weight is 604 g/mol. The number of likely N-dealkylation sites (tertiary alicyclic amines) is 1. The molecule has 14 heteroatoms. The third kappa shape index (κ3) is 7.41. The second kappa shape index (κ2) is 12.1.